The molecule has 2 fully saturated rings. The van der Waals surface area contributed by atoms with Crippen LogP contribution < -0.4 is 10.6 Å². The van der Waals surface area contributed by atoms with E-state index < -0.39 is 4.84 Å². The van der Waals surface area contributed by atoms with Crippen LogP contribution >= 0.6 is 23.2 Å². The summed E-state index contributed by atoms with van der Waals surface area (Å²) in [5, 5.41) is 6.92. The van der Waals surface area contributed by atoms with E-state index >= 15 is 0 Å². The van der Waals surface area contributed by atoms with Crippen LogP contribution in [0.25, 0.3) is 0 Å². The summed E-state index contributed by atoms with van der Waals surface area (Å²) in [5.41, 5.74) is -0.163. The number of halogens is 2. The number of carbonyl (C=O) groups is 1. The van der Waals surface area contributed by atoms with Crippen molar-refractivity contribution in [2.45, 2.75) is 57.1 Å². The Balaban J connectivity index is 2.06. The summed E-state index contributed by atoms with van der Waals surface area (Å²) in [6.07, 6.45) is 3.11. The molecule has 2 aliphatic rings. The van der Waals surface area contributed by atoms with E-state index in [-0.39, 0.29) is 29.4 Å². The Kier molecular flexibility index (Phi) is 6.55. The molecule has 0 spiro atoms. The van der Waals surface area contributed by atoms with Crippen molar-refractivity contribution in [2.75, 3.05) is 19.7 Å². The van der Waals surface area contributed by atoms with Gasteiger partial charge in [-0.3, -0.25) is 10.1 Å². The third-order valence-electron chi connectivity index (χ3n) is 5.41. The van der Waals surface area contributed by atoms with E-state index in [9.17, 15) is 4.79 Å². The maximum absolute atomic E-state index is 12.5. The van der Waals surface area contributed by atoms with Crippen LogP contribution in [0.15, 0.2) is 0 Å². The van der Waals surface area contributed by atoms with Crippen molar-refractivity contribution in [1.82, 2.24) is 10.6 Å². The van der Waals surface area contributed by atoms with Crippen LogP contribution in [0.4, 0.5) is 0 Å². The third-order valence-corrected chi connectivity index (χ3v) is 5.84. The molecular weight excluding hydrogens is 323 g/mol. The lowest BCUT2D eigenvalue weighted by Crippen LogP contribution is -2.55. The minimum Gasteiger partial charge on any atom is -0.361 e. The summed E-state index contributed by atoms with van der Waals surface area (Å²) < 4.78 is 5.60. The molecule has 0 aromatic rings. The highest BCUT2D eigenvalue weighted by Gasteiger charge is 2.47. The van der Waals surface area contributed by atoms with E-state index in [1.54, 1.807) is 0 Å². The SMILES string of the molecule is CCC1CC(NCC2NCCO2)C(C)(C)C(C(=O)C(Cl)Cl)C1. The number of ether oxygens (including phenoxy) is 1. The van der Waals surface area contributed by atoms with Crippen LogP contribution in [-0.2, 0) is 9.53 Å². The van der Waals surface area contributed by atoms with Gasteiger partial charge in [-0.1, -0.05) is 50.4 Å². The number of carbonyl (C=O) groups excluding carboxylic acids is 1. The van der Waals surface area contributed by atoms with Gasteiger partial charge in [0.1, 0.15) is 6.23 Å². The first kappa shape index (κ1) is 18.5. The first-order valence-corrected chi connectivity index (χ1v) is 9.13. The molecule has 4 atom stereocenters. The topological polar surface area (TPSA) is 50.4 Å². The standard InChI is InChI=1S/C16H28Cl2N2O2/c1-4-10-7-11(14(21)15(17)18)16(2,3)12(8-10)20-9-13-19-5-6-22-13/h10-13,15,19-20H,4-9H2,1-3H3. The van der Waals surface area contributed by atoms with Crippen LogP contribution in [0.3, 0.4) is 0 Å². The van der Waals surface area contributed by atoms with Gasteiger partial charge in [-0.2, -0.15) is 0 Å². The zero-order valence-electron chi connectivity index (χ0n) is 13.7. The summed E-state index contributed by atoms with van der Waals surface area (Å²) in [6, 6.07) is 0.262. The van der Waals surface area contributed by atoms with Crippen molar-refractivity contribution in [3.8, 4) is 0 Å². The van der Waals surface area contributed by atoms with E-state index in [1.807, 2.05) is 0 Å². The monoisotopic (exact) mass is 350 g/mol. The zero-order chi connectivity index (χ0) is 16.3. The summed E-state index contributed by atoms with van der Waals surface area (Å²) >= 11 is 11.7. The molecule has 1 heterocycles. The van der Waals surface area contributed by atoms with Crippen LogP contribution in [0.1, 0.15) is 40.0 Å². The fourth-order valence-corrected chi connectivity index (χ4v) is 4.09. The Labute approximate surface area is 143 Å². The number of alkyl halides is 2. The maximum atomic E-state index is 12.5. The minimum absolute atomic E-state index is 0.0338. The molecule has 0 radical (unpaired) electrons. The van der Waals surface area contributed by atoms with Crippen LogP contribution in [0, 0.1) is 17.3 Å². The highest BCUT2D eigenvalue weighted by molar-refractivity contribution is 6.53. The molecule has 6 heteroatoms. The van der Waals surface area contributed by atoms with Crippen molar-refractivity contribution in [2.24, 2.45) is 17.3 Å². The Morgan fingerprint density at radius 2 is 2.14 bits per heavy atom. The summed E-state index contributed by atoms with van der Waals surface area (Å²) in [6.45, 7) is 8.91. The first-order chi connectivity index (χ1) is 10.4. The first-order valence-electron chi connectivity index (χ1n) is 8.26. The van der Waals surface area contributed by atoms with Gasteiger partial charge in [0.15, 0.2) is 10.6 Å². The molecule has 0 bridgehead atoms. The number of ketones is 1. The Hall–Kier alpha value is 0.130. The Bertz CT molecular complexity index is 384. The molecule has 22 heavy (non-hydrogen) atoms. The summed E-state index contributed by atoms with van der Waals surface area (Å²) in [7, 11) is 0. The molecule has 1 saturated carbocycles. The highest BCUT2D eigenvalue weighted by Crippen LogP contribution is 2.45. The molecule has 0 aromatic carbocycles. The molecule has 2 N–H and O–H groups in total. The molecule has 2 rings (SSSR count). The summed E-state index contributed by atoms with van der Waals surface area (Å²) in [5.74, 6) is 0.402. The highest BCUT2D eigenvalue weighted by atomic mass is 35.5. The van der Waals surface area contributed by atoms with E-state index in [4.69, 9.17) is 27.9 Å². The smallest absolute Gasteiger partial charge is 0.169 e. The van der Waals surface area contributed by atoms with Gasteiger partial charge in [-0.05, 0) is 24.2 Å². The zero-order valence-corrected chi connectivity index (χ0v) is 15.2. The molecule has 1 saturated heterocycles. The minimum atomic E-state index is -0.930. The van der Waals surface area contributed by atoms with Crippen molar-refractivity contribution >= 4 is 29.0 Å². The maximum Gasteiger partial charge on any atom is 0.169 e. The largest absolute Gasteiger partial charge is 0.361 e. The second-order valence-electron chi connectivity index (χ2n) is 7.10. The molecular formula is C16H28Cl2N2O2. The quantitative estimate of drug-likeness (QED) is 0.723. The Morgan fingerprint density at radius 3 is 2.68 bits per heavy atom. The van der Waals surface area contributed by atoms with E-state index in [2.05, 4.69) is 31.4 Å². The molecule has 1 aliphatic heterocycles. The third kappa shape index (κ3) is 4.15. The number of hydrogen-bond acceptors (Lipinski definition) is 4. The molecule has 0 amide bonds. The van der Waals surface area contributed by atoms with Crippen molar-refractivity contribution in [1.29, 1.82) is 0 Å². The lowest BCUT2D eigenvalue weighted by molar-refractivity contribution is -0.128. The second kappa shape index (κ2) is 7.80. The van der Waals surface area contributed by atoms with Gasteiger partial charge >= 0.3 is 0 Å². The summed E-state index contributed by atoms with van der Waals surface area (Å²) in [4.78, 5) is 11.5. The number of rotatable bonds is 6. The van der Waals surface area contributed by atoms with Gasteiger partial charge in [-0.15, -0.1) is 0 Å². The predicted molar refractivity (Wildman–Crippen MR) is 90.3 cm³/mol. The fraction of sp³-hybridized carbons (Fsp3) is 0.938. The van der Waals surface area contributed by atoms with Gasteiger partial charge in [0.05, 0.1) is 6.61 Å². The van der Waals surface area contributed by atoms with E-state index in [1.165, 1.54) is 0 Å². The fourth-order valence-electron chi connectivity index (χ4n) is 3.79. The van der Waals surface area contributed by atoms with E-state index in [0.29, 0.717) is 5.92 Å². The molecule has 128 valence electrons. The van der Waals surface area contributed by atoms with Gasteiger partial charge in [0, 0.05) is 25.0 Å². The lowest BCUT2D eigenvalue weighted by atomic mass is 9.60. The predicted octanol–water partition coefficient (Wildman–Crippen LogP) is 2.73. The van der Waals surface area contributed by atoms with Crippen molar-refractivity contribution in [3.63, 3.8) is 0 Å². The van der Waals surface area contributed by atoms with Crippen LogP contribution in [0.5, 0.6) is 0 Å². The molecule has 1 aliphatic carbocycles. The van der Waals surface area contributed by atoms with Gasteiger partial charge in [-0.25, -0.2) is 0 Å². The van der Waals surface area contributed by atoms with Gasteiger partial charge in [0.25, 0.3) is 0 Å². The average molecular weight is 351 g/mol. The number of hydrogen-bond donors (Lipinski definition) is 2. The molecule has 4 nitrogen and oxygen atoms in total. The van der Waals surface area contributed by atoms with Gasteiger partial charge in [0.2, 0.25) is 0 Å². The number of nitrogens with one attached hydrogen (secondary N) is 2. The van der Waals surface area contributed by atoms with E-state index in [0.717, 1.165) is 39.0 Å². The molecule has 0 aromatic heterocycles. The molecule has 4 unspecified atom stereocenters. The van der Waals surface area contributed by atoms with Crippen LogP contribution in [0.2, 0.25) is 0 Å². The Morgan fingerprint density at radius 1 is 1.41 bits per heavy atom. The van der Waals surface area contributed by atoms with Crippen molar-refractivity contribution < 1.29 is 9.53 Å². The normalized spacial score (nSPS) is 35.0. The average Bonchev–Trinajstić information content (AvgIpc) is 2.98. The number of Topliss-reactive ketones (excluding diaryl/α,β-unsaturated/α-hetero) is 1. The second-order valence-corrected chi connectivity index (χ2v) is 8.19. The lowest BCUT2D eigenvalue weighted by Gasteiger charge is -2.48. The van der Waals surface area contributed by atoms with Gasteiger partial charge < -0.3 is 10.1 Å². The van der Waals surface area contributed by atoms with Crippen LogP contribution in [-0.4, -0.2) is 42.6 Å². The van der Waals surface area contributed by atoms with Crippen molar-refractivity contribution in [3.05, 3.63) is 0 Å².